The van der Waals surface area contributed by atoms with Gasteiger partial charge < -0.3 is 19.9 Å². The predicted octanol–water partition coefficient (Wildman–Crippen LogP) is 3.24. The van der Waals surface area contributed by atoms with Crippen molar-refractivity contribution in [3.8, 4) is 0 Å². The van der Waals surface area contributed by atoms with Gasteiger partial charge in [-0.3, -0.25) is 14.4 Å². The van der Waals surface area contributed by atoms with Crippen LogP contribution in [-0.4, -0.2) is 65.3 Å². The second kappa shape index (κ2) is 10.2. The number of nitrogens with one attached hydrogen (secondary N) is 1. The van der Waals surface area contributed by atoms with Crippen molar-refractivity contribution in [2.45, 2.75) is 46.6 Å². The normalized spacial score (nSPS) is 15.2. The maximum absolute atomic E-state index is 12.6. The summed E-state index contributed by atoms with van der Waals surface area (Å²) >= 11 is 0. The molecule has 1 aromatic rings. The maximum Gasteiger partial charge on any atom is 0.410 e. The molecular formula is C23H31N3O5. The fraction of sp³-hybridized carbons (Fsp3) is 0.478. The van der Waals surface area contributed by atoms with Crippen molar-refractivity contribution in [3.63, 3.8) is 0 Å². The third-order valence-electron chi connectivity index (χ3n) is 4.71. The van der Waals surface area contributed by atoms with Crippen LogP contribution < -0.4 is 5.32 Å². The van der Waals surface area contributed by atoms with Gasteiger partial charge in [0.15, 0.2) is 5.78 Å². The lowest BCUT2D eigenvalue weighted by Crippen LogP contribution is -2.39. The van der Waals surface area contributed by atoms with Crippen molar-refractivity contribution < 1.29 is 23.9 Å². The molecule has 0 aliphatic carbocycles. The van der Waals surface area contributed by atoms with Crippen molar-refractivity contribution in [2.24, 2.45) is 0 Å². The highest BCUT2D eigenvalue weighted by atomic mass is 16.6. The van der Waals surface area contributed by atoms with E-state index in [1.807, 2.05) is 20.8 Å². The topological polar surface area (TPSA) is 96.0 Å². The molecule has 0 radical (unpaired) electrons. The highest BCUT2D eigenvalue weighted by Gasteiger charge is 2.25. The molecule has 31 heavy (non-hydrogen) atoms. The number of rotatable bonds is 4. The number of ketones is 1. The lowest BCUT2D eigenvalue weighted by molar-refractivity contribution is -0.126. The second-order valence-corrected chi connectivity index (χ2v) is 8.56. The quantitative estimate of drug-likeness (QED) is 0.586. The van der Waals surface area contributed by atoms with Gasteiger partial charge in [0.05, 0.1) is 0 Å². The molecule has 0 unspecified atom stereocenters. The lowest BCUT2D eigenvalue weighted by Gasteiger charge is -2.26. The number of anilines is 1. The molecule has 3 amide bonds. The molecule has 1 aromatic carbocycles. The lowest BCUT2D eigenvalue weighted by atomic mass is 10.1. The van der Waals surface area contributed by atoms with Crippen molar-refractivity contribution in [1.29, 1.82) is 0 Å². The first-order valence-corrected chi connectivity index (χ1v) is 10.3. The van der Waals surface area contributed by atoms with Crippen molar-refractivity contribution >= 4 is 29.4 Å². The van der Waals surface area contributed by atoms with Crippen molar-refractivity contribution in [2.75, 3.05) is 31.5 Å². The Hall–Kier alpha value is -3.16. The van der Waals surface area contributed by atoms with Gasteiger partial charge in [-0.25, -0.2) is 4.79 Å². The maximum atomic E-state index is 12.6. The molecule has 1 heterocycles. The molecule has 0 saturated carbocycles. The number of Topliss-reactive ketones (excluding diaryl/α,β-unsaturated/α-hetero) is 1. The average Bonchev–Trinajstić information content (AvgIpc) is 2.93. The number of ether oxygens (including phenoxy) is 1. The van der Waals surface area contributed by atoms with Gasteiger partial charge in [-0.05, 0) is 65.3 Å². The minimum Gasteiger partial charge on any atom is -0.444 e. The summed E-state index contributed by atoms with van der Waals surface area (Å²) < 4.78 is 5.40. The summed E-state index contributed by atoms with van der Waals surface area (Å²) in [6.07, 6.45) is 1.55. The Labute approximate surface area is 183 Å². The summed E-state index contributed by atoms with van der Waals surface area (Å²) in [5.41, 5.74) is 0.798. The molecule has 1 N–H and O–H groups in total. The standard InChI is InChI=1S/C23H31N3O5/c1-16(21(29)24-19-9-7-18(8-10-19)17(2)27)15-20(28)25-11-6-12-26(14-13-25)22(30)31-23(3,4)5/h7-10,15H,6,11-14H2,1-5H3,(H,24,29)/b16-15-. The zero-order valence-corrected chi connectivity index (χ0v) is 18.9. The summed E-state index contributed by atoms with van der Waals surface area (Å²) in [7, 11) is 0. The number of carbonyl (C=O) groups excluding carboxylic acids is 4. The number of carbonyl (C=O) groups is 4. The van der Waals surface area contributed by atoms with E-state index in [9.17, 15) is 19.2 Å². The van der Waals surface area contributed by atoms with E-state index in [-0.39, 0.29) is 23.4 Å². The van der Waals surface area contributed by atoms with Crippen LogP contribution in [0.5, 0.6) is 0 Å². The first kappa shape index (κ1) is 24.1. The summed E-state index contributed by atoms with van der Waals surface area (Å²) in [6.45, 7) is 10.2. The molecule has 1 fully saturated rings. The van der Waals surface area contributed by atoms with Gasteiger partial charge in [-0.1, -0.05) is 0 Å². The molecule has 8 heteroatoms. The van der Waals surface area contributed by atoms with Crippen LogP contribution in [0.15, 0.2) is 35.9 Å². The van der Waals surface area contributed by atoms with Crippen molar-refractivity contribution in [1.82, 2.24) is 9.80 Å². The zero-order valence-electron chi connectivity index (χ0n) is 18.9. The number of hydrogen-bond acceptors (Lipinski definition) is 5. The highest BCUT2D eigenvalue weighted by molar-refractivity contribution is 6.07. The monoisotopic (exact) mass is 429 g/mol. The van der Waals surface area contributed by atoms with Crippen LogP contribution in [0.3, 0.4) is 0 Å². The van der Waals surface area contributed by atoms with Gasteiger partial charge in [0.1, 0.15) is 5.60 Å². The molecule has 0 aromatic heterocycles. The minimum atomic E-state index is -0.571. The Morgan fingerprint density at radius 2 is 1.52 bits per heavy atom. The number of nitrogens with zero attached hydrogens (tertiary/aromatic N) is 2. The van der Waals surface area contributed by atoms with E-state index in [2.05, 4.69) is 5.32 Å². The molecule has 0 spiro atoms. The molecule has 1 saturated heterocycles. The Morgan fingerprint density at radius 3 is 2.10 bits per heavy atom. The Bertz CT molecular complexity index is 868. The van der Waals surface area contributed by atoms with E-state index in [4.69, 9.17) is 4.74 Å². The largest absolute Gasteiger partial charge is 0.444 e. The second-order valence-electron chi connectivity index (χ2n) is 8.56. The van der Waals surface area contributed by atoms with Crippen molar-refractivity contribution in [3.05, 3.63) is 41.5 Å². The first-order chi connectivity index (χ1) is 14.5. The van der Waals surface area contributed by atoms with E-state index in [1.165, 1.54) is 13.0 Å². The zero-order chi connectivity index (χ0) is 23.2. The summed E-state index contributed by atoms with van der Waals surface area (Å²) in [6, 6.07) is 6.55. The van der Waals surface area contributed by atoms with Crippen LogP contribution in [0, 0.1) is 0 Å². The van der Waals surface area contributed by atoms with Gasteiger partial charge in [-0.15, -0.1) is 0 Å². The Morgan fingerprint density at radius 1 is 0.935 bits per heavy atom. The summed E-state index contributed by atoms with van der Waals surface area (Å²) in [4.78, 5) is 51.9. The van der Waals surface area contributed by atoms with E-state index in [0.717, 1.165) is 0 Å². The van der Waals surface area contributed by atoms with Crippen LogP contribution in [0.2, 0.25) is 0 Å². The number of hydrogen-bond donors (Lipinski definition) is 1. The fourth-order valence-electron chi connectivity index (χ4n) is 3.01. The number of amides is 3. The molecule has 0 atom stereocenters. The van der Waals surface area contributed by atoms with E-state index in [0.29, 0.717) is 43.9 Å². The smallest absolute Gasteiger partial charge is 0.410 e. The third-order valence-corrected chi connectivity index (χ3v) is 4.71. The van der Waals surface area contributed by atoms with Crippen LogP contribution in [0.1, 0.15) is 51.4 Å². The molecule has 2 rings (SSSR count). The minimum absolute atomic E-state index is 0.0535. The molecule has 1 aliphatic rings. The average molecular weight is 430 g/mol. The molecule has 1 aliphatic heterocycles. The van der Waals surface area contributed by atoms with E-state index >= 15 is 0 Å². The third kappa shape index (κ3) is 7.55. The highest BCUT2D eigenvalue weighted by Crippen LogP contribution is 2.14. The van der Waals surface area contributed by atoms with Gasteiger partial charge in [0.2, 0.25) is 5.91 Å². The van der Waals surface area contributed by atoms with Crippen LogP contribution >= 0.6 is 0 Å². The number of benzene rings is 1. The SMILES string of the molecule is CC(=O)c1ccc(NC(=O)/C(C)=C\C(=O)N2CCCN(C(=O)OC(C)(C)C)CC2)cc1. The van der Waals surface area contributed by atoms with Gasteiger partial charge in [0.25, 0.3) is 5.91 Å². The fourth-order valence-corrected chi connectivity index (χ4v) is 3.01. The van der Waals surface area contributed by atoms with Gasteiger partial charge in [-0.2, -0.15) is 0 Å². The Balaban J connectivity index is 1.93. The van der Waals surface area contributed by atoms with Gasteiger partial charge in [0, 0.05) is 49.1 Å². The summed E-state index contributed by atoms with van der Waals surface area (Å²) in [5.74, 6) is -0.720. The Kier molecular flexibility index (Phi) is 7.96. The summed E-state index contributed by atoms with van der Waals surface area (Å²) in [5, 5.41) is 2.71. The van der Waals surface area contributed by atoms with Crippen LogP contribution in [-0.2, 0) is 14.3 Å². The van der Waals surface area contributed by atoms with Crippen LogP contribution in [0.4, 0.5) is 10.5 Å². The first-order valence-electron chi connectivity index (χ1n) is 10.3. The molecule has 0 bridgehead atoms. The molecule has 168 valence electrons. The molecular weight excluding hydrogens is 398 g/mol. The molecule has 8 nitrogen and oxygen atoms in total. The predicted molar refractivity (Wildman–Crippen MR) is 118 cm³/mol. The van der Waals surface area contributed by atoms with Gasteiger partial charge >= 0.3 is 6.09 Å². The van der Waals surface area contributed by atoms with Crippen LogP contribution in [0.25, 0.3) is 0 Å². The van der Waals surface area contributed by atoms with E-state index < -0.39 is 11.5 Å². The van der Waals surface area contributed by atoms with E-state index in [1.54, 1.807) is 41.0 Å².